The number of anilines is 1. The molecule has 2 aromatic heterocycles. The number of thioether (sulfide) groups is 1. The van der Waals surface area contributed by atoms with E-state index in [9.17, 15) is 4.79 Å². The number of amides is 1. The molecule has 0 saturated heterocycles. The van der Waals surface area contributed by atoms with E-state index < -0.39 is 0 Å². The Morgan fingerprint density at radius 3 is 2.79 bits per heavy atom. The highest BCUT2D eigenvalue weighted by atomic mass is 32.2. The number of pyridine rings is 1. The van der Waals surface area contributed by atoms with Crippen molar-refractivity contribution < 1.29 is 4.79 Å². The maximum absolute atomic E-state index is 11.6. The molecular formula is C24H21N3OS. The molecule has 29 heavy (non-hydrogen) atoms. The highest BCUT2D eigenvalue weighted by Gasteiger charge is 2.10. The summed E-state index contributed by atoms with van der Waals surface area (Å²) in [7, 11) is 0. The fraction of sp³-hybridized carbons (Fsp3) is 0.0833. The first-order valence-corrected chi connectivity index (χ1v) is 10.4. The molecule has 0 fully saturated rings. The minimum atomic E-state index is -0.228. The zero-order valence-corrected chi connectivity index (χ0v) is 16.9. The Morgan fingerprint density at radius 2 is 1.97 bits per heavy atom. The predicted molar refractivity (Wildman–Crippen MR) is 122 cm³/mol. The molecule has 4 aromatic rings. The molecule has 0 saturated carbocycles. The normalized spacial score (nSPS) is 10.8. The summed E-state index contributed by atoms with van der Waals surface area (Å²) < 4.78 is 0. The quantitative estimate of drug-likeness (QED) is 0.303. The first-order valence-electron chi connectivity index (χ1n) is 9.42. The number of rotatable bonds is 6. The van der Waals surface area contributed by atoms with Crippen LogP contribution in [0.4, 0.5) is 5.69 Å². The molecule has 0 unspecified atom stereocenters. The fourth-order valence-corrected chi connectivity index (χ4v) is 4.01. The van der Waals surface area contributed by atoms with Gasteiger partial charge >= 0.3 is 0 Å². The molecule has 2 heterocycles. The van der Waals surface area contributed by atoms with Crippen molar-refractivity contribution in [3.8, 4) is 22.3 Å². The third kappa shape index (κ3) is 4.10. The van der Waals surface area contributed by atoms with Gasteiger partial charge in [-0.1, -0.05) is 37.8 Å². The average molecular weight is 400 g/mol. The van der Waals surface area contributed by atoms with Crippen LogP contribution in [-0.4, -0.2) is 21.6 Å². The number of nitrogens with zero attached hydrogens (tertiary/aromatic N) is 1. The summed E-state index contributed by atoms with van der Waals surface area (Å²) >= 11 is 1.83. The Hall–Kier alpha value is -3.31. The number of nitrogens with one attached hydrogen (secondary N) is 2. The third-order valence-corrected chi connectivity index (χ3v) is 5.51. The number of H-pyrrole nitrogens is 1. The summed E-state index contributed by atoms with van der Waals surface area (Å²) in [6, 6.07) is 18.4. The number of hydrogen-bond donors (Lipinski definition) is 2. The summed E-state index contributed by atoms with van der Waals surface area (Å²) in [5.74, 6) is 0.815. The van der Waals surface area contributed by atoms with Gasteiger partial charge in [0.15, 0.2) is 0 Å². The molecule has 0 spiro atoms. The molecule has 0 radical (unpaired) electrons. The monoisotopic (exact) mass is 399 g/mol. The second-order valence-corrected chi connectivity index (χ2v) is 7.89. The largest absolute Gasteiger partial charge is 0.346 e. The Morgan fingerprint density at radius 1 is 1.14 bits per heavy atom. The predicted octanol–water partition coefficient (Wildman–Crippen LogP) is 6.13. The van der Waals surface area contributed by atoms with Crippen LogP contribution in [0.15, 0.2) is 84.5 Å². The number of aromatic amines is 1. The number of benzene rings is 2. The van der Waals surface area contributed by atoms with Gasteiger partial charge in [0.25, 0.3) is 0 Å². The molecule has 1 amide bonds. The lowest BCUT2D eigenvalue weighted by Crippen LogP contribution is -2.06. The van der Waals surface area contributed by atoms with Crippen molar-refractivity contribution in [2.24, 2.45) is 0 Å². The molecule has 0 aliphatic rings. The van der Waals surface area contributed by atoms with Gasteiger partial charge in [-0.05, 0) is 53.3 Å². The summed E-state index contributed by atoms with van der Waals surface area (Å²) in [5, 5.41) is 3.87. The second kappa shape index (κ2) is 8.37. The minimum absolute atomic E-state index is 0.228. The first kappa shape index (κ1) is 19.0. The van der Waals surface area contributed by atoms with E-state index in [1.165, 1.54) is 16.5 Å². The van der Waals surface area contributed by atoms with Crippen LogP contribution in [0.1, 0.15) is 6.92 Å². The molecule has 0 aliphatic carbocycles. The van der Waals surface area contributed by atoms with Crippen molar-refractivity contribution in [2.45, 2.75) is 11.8 Å². The van der Waals surface area contributed by atoms with E-state index in [4.69, 9.17) is 0 Å². The standard InChI is InChI=1S/C24H21N3OS/c1-3-23(28)27-19-9-5-7-16(11-19)18-13-21-22(15-26-24(21)25-14-18)17-8-6-10-20(12-17)29-4-2/h3,5-15H,1,4H2,2H3,(H,25,26)(H,27,28). The summed E-state index contributed by atoms with van der Waals surface area (Å²) in [4.78, 5) is 20.7. The first-order chi connectivity index (χ1) is 14.2. The fourth-order valence-electron chi connectivity index (χ4n) is 3.29. The molecule has 5 heteroatoms. The van der Waals surface area contributed by atoms with Crippen molar-refractivity contribution in [3.05, 3.63) is 79.6 Å². The number of carbonyl (C=O) groups is 1. The Kier molecular flexibility index (Phi) is 5.49. The zero-order valence-electron chi connectivity index (χ0n) is 16.1. The molecule has 144 valence electrons. The topological polar surface area (TPSA) is 57.8 Å². The van der Waals surface area contributed by atoms with Crippen molar-refractivity contribution in [2.75, 3.05) is 11.1 Å². The van der Waals surface area contributed by atoms with E-state index in [1.807, 2.05) is 48.4 Å². The van der Waals surface area contributed by atoms with Gasteiger partial charge in [-0.3, -0.25) is 4.79 Å². The van der Waals surface area contributed by atoms with Crippen molar-refractivity contribution >= 4 is 34.4 Å². The van der Waals surface area contributed by atoms with Gasteiger partial charge in [-0.2, -0.15) is 0 Å². The van der Waals surface area contributed by atoms with Gasteiger partial charge < -0.3 is 10.3 Å². The maximum atomic E-state index is 11.6. The van der Waals surface area contributed by atoms with Crippen LogP contribution in [0.3, 0.4) is 0 Å². The minimum Gasteiger partial charge on any atom is -0.346 e. The van der Waals surface area contributed by atoms with E-state index in [2.05, 4.69) is 59.1 Å². The molecule has 4 nitrogen and oxygen atoms in total. The van der Waals surface area contributed by atoms with Crippen LogP contribution >= 0.6 is 11.8 Å². The van der Waals surface area contributed by atoms with Gasteiger partial charge in [0, 0.05) is 39.5 Å². The lowest BCUT2D eigenvalue weighted by molar-refractivity contribution is -0.111. The summed E-state index contributed by atoms with van der Waals surface area (Å²) in [6.45, 7) is 5.65. The van der Waals surface area contributed by atoms with Crippen LogP contribution < -0.4 is 5.32 Å². The van der Waals surface area contributed by atoms with Gasteiger partial charge in [0.05, 0.1) is 0 Å². The number of fused-ring (bicyclic) bond motifs is 1. The highest BCUT2D eigenvalue weighted by molar-refractivity contribution is 7.99. The Bertz CT molecular complexity index is 1200. The molecule has 0 aliphatic heterocycles. The van der Waals surface area contributed by atoms with Crippen molar-refractivity contribution in [1.82, 2.24) is 9.97 Å². The van der Waals surface area contributed by atoms with Crippen molar-refractivity contribution in [3.63, 3.8) is 0 Å². The van der Waals surface area contributed by atoms with E-state index >= 15 is 0 Å². The van der Waals surface area contributed by atoms with E-state index in [1.54, 1.807) is 0 Å². The van der Waals surface area contributed by atoms with E-state index in [0.717, 1.165) is 39.2 Å². The van der Waals surface area contributed by atoms with Gasteiger partial charge in [0.1, 0.15) is 5.65 Å². The van der Waals surface area contributed by atoms with Crippen LogP contribution in [0.2, 0.25) is 0 Å². The zero-order chi connectivity index (χ0) is 20.2. The Labute approximate surface area is 174 Å². The summed E-state index contributed by atoms with van der Waals surface area (Å²) in [6.07, 6.45) is 5.12. The van der Waals surface area contributed by atoms with Crippen molar-refractivity contribution in [1.29, 1.82) is 0 Å². The third-order valence-electron chi connectivity index (χ3n) is 4.64. The Balaban J connectivity index is 1.74. The SMILES string of the molecule is C=CC(=O)Nc1cccc(-c2cnc3[nH]cc(-c4cccc(SCC)c4)c3c2)c1. The molecule has 4 rings (SSSR count). The molecule has 0 atom stereocenters. The summed E-state index contributed by atoms with van der Waals surface area (Å²) in [5.41, 5.74) is 5.86. The molecule has 0 bridgehead atoms. The smallest absolute Gasteiger partial charge is 0.247 e. The van der Waals surface area contributed by atoms with Crippen LogP contribution in [-0.2, 0) is 4.79 Å². The lowest BCUT2D eigenvalue weighted by atomic mass is 10.0. The molecule has 2 aromatic carbocycles. The van der Waals surface area contributed by atoms with Gasteiger partial charge in [-0.15, -0.1) is 11.8 Å². The second-order valence-electron chi connectivity index (χ2n) is 6.56. The maximum Gasteiger partial charge on any atom is 0.247 e. The van der Waals surface area contributed by atoms with Crippen LogP contribution in [0, 0.1) is 0 Å². The van der Waals surface area contributed by atoms with Gasteiger partial charge in [0.2, 0.25) is 5.91 Å². The lowest BCUT2D eigenvalue weighted by Gasteiger charge is -2.07. The molecule has 2 N–H and O–H groups in total. The van der Waals surface area contributed by atoms with Crippen LogP contribution in [0.5, 0.6) is 0 Å². The van der Waals surface area contributed by atoms with Gasteiger partial charge in [-0.25, -0.2) is 4.98 Å². The number of aromatic nitrogens is 2. The molecular weight excluding hydrogens is 378 g/mol. The number of hydrogen-bond acceptors (Lipinski definition) is 3. The van der Waals surface area contributed by atoms with E-state index in [0.29, 0.717) is 0 Å². The number of carbonyl (C=O) groups excluding carboxylic acids is 1. The van der Waals surface area contributed by atoms with E-state index in [-0.39, 0.29) is 5.91 Å². The van der Waals surface area contributed by atoms with Crippen LogP contribution in [0.25, 0.3) is 33.3 Å². The average Bonchev–Trinajstić information content (AvgIpc) is 3.17. The highest BCUT2D eigenvalue weighted by Crippen LogP contribution is 2.33.